The van der Waals surface area contributed by atoms with Crippen molar-refractivity contribution in [1.82, 2.24) is 4.90 Å². The number of ether oxygens (including phenoxy) is 5. The molecule has 0 radical (unpaired) electrons. The first kappa shape index (κ1) is 27.9. The Morgan fingerprint density at radius 2 is 1.76 bits per heavy atom. The summed E-state index contributed by atoms with van der Waals surface area (Å²) in [7, 11) is 4.58. The third-order valence-electron chi connectivity index (χ3n) is 7.08. The number of Topliss-reactive ketones (excluding diaryl/α,β-unsaturated/α-hetero) is 1. The van der Waals surface area contributed by atoms with Gasteiger partial charge in [-0.1, -0.05) is 11.6 Å². The van der Waals surface area contributed by atoms with Gasteiger partial charge in [0.15, 0.2) is 17.3 Å². The van der Waals surface area contributed by atoms with Crippen LogP contribution in [0.1, 0.15) is 58.4 Å². The topological polar surface area (TPSA) is 110 Å². The second-order valence-electron chi connectivity index (χ2n) is 9.47. The predicted octanol–water partition coefficient (Wildman–Crippen LogP) is 4.56. The Bertz CT molecular complexity index is 1150. The monoisotopic (exact) mass is 546 g/mol. The summed E-state index contributed by atoms with van der Waals surface area (Å²) in [4.78, 5) is 28.1. The molecular weight excluding hydrogens is 512 g/mol. The molecule has 2 N–H and O–H groups in total. The molecule has 0 amide bonds. The third kappa shape index (κ3) is 6.10. The molecule has 2 heterocycles. The van der Waals surface area contributed by atoms with Crippen molar-refractivity contribution in [3.8, 4) is 23.0 Å². The van der Waals surface area contributed by atoms with E-state index in [1.54, 1.807) is 18.2 Å². The van der Waals surface area contributed by atoms with E-state index in [-0.39, 0.29) is 11.9 Å². The number of ketones is 1. The Hall–Kier alpha value is -3.17. The number of piperidine rings is 1. The fourth-order valence-electron chi connectivity index (χ4n) is 5.00. The van der Waals surface area contributed by atoms with Crippen LogP contribution in [0.2, 0.25) is 5.02 Å². The number of hydrogen-bond acceptors (Lipinski definition) is 9. The van der Waals surface area contributed by atoms with Crippen molar-refractivity contribution in [2.75, 3.05) is 53.3 Å². The number of esters is 1. The van der Waals surface area contributed by atoms with Gasteiger partial charge in [-0.3, -0.25) is 4.79 Å². The summed E-state index contributed by atoms with van der Waals surface area (Å²) >= 11 is 6.27. The Labute approximate surface area is 228 Å². The van der Waals surface area contributed by atoms with Crippen LogP contribution in [0.5, 0.6) is 23.0 Å². The lowest BCUT2D eigenvalue weighted by atomic mass is 10.00. The molecule has 0 aliphatic carbocycles. The largest absolute Gasteiger partial charge is 0.493 e. The Balaban J connectivity index is 1.26. The smallest absolute Gasteiger partial charge is 0.342 e. The molecule has 4 rings (SSSR count). The van der Waals surface area contributed by atoms with Gasteiger partial charge < -0.3 is 34.3 Å². The number of methoxy groups -OCH3 is 3. The average molecular weight is 547 g/mol. The molecular formula is C28H35ClN2O7. The lowest BCUT2D eigenvalue weighted by Gasteiger charge is -2.32. The molecule has 0 aromatic heterocycles. The standard InChI is InChI=1S/C28H35ClN2O7/c1-34-23-14-17(15-24(35-2)27(23)36-3)22(32)7-4-10-31-11-8-18(9-12-31)38-28(33)20-16-21(29)25(30)19-6-5-13-37-26(19)20/h14-16,18H,4-13,30H2,1-3H3. The first-order valence-electron chi connectivity index (χ1n) is 12.9. The SMILES string of the molecule is COc1cc(C(=O)CCCN2CCC(OC(=O)c3cc(Cl)c(N)c4c3OCCC4)CC2)cc(OC)c1OC. The van der Waals surface area contributed by atoms with E-state index in [4.69, 9.17) is 41.0 Å². The van der Waals surface area contributed by atoms with Crippen LogP contribution >= 0.6 is 11.6 Å². The molecule has 0 saturated carbocycles. The van der Waals surface area contributed by atoms with Gasteiger partial charge in [0.05, 0.1) is 38.6 Å². The number of anilines is 1. The number of likely N-dealkylation sites (tertiary alicyclic amines) is 1. The van der Waals surface area contributed by atoms with Crippen LogP contribution < -0.4 is 24.7 Å². The first-order valence-corrected chi connectivity index (χ1v) is 13.2. The van der Waals surface area contributed by atoms with E-state index < -0.39 is 5.97 Å². The molecule has 38 heavy (non-hydrogen) atoms. The fraction of sp³-hybridized carbons (Fsp3) is 0.500. The maximum Gasteiger partial charge on any atom is 0.342 e. The zero-order chi connectivity index (χ0) is 27.2. The number of fused-ring (bicyclic) bond motifs is 1. The summed E-state index contributed by atoms with van der Waals surface area (Å²) in [5.74, 6) is 1.46. The number of nitrogen functional groups attached to an aromatic ring is 1. The van der Waals surface area contributed by atoms with Crippen LogP contribution in [0.15, 0.2) is 18.2 Å². The van der Waals surface area contributed by atoms with E-state index in [0.717, 1.165) is 50.9 Å². The molecule has 0 unspecified atom stereocenters. The lowest BCUT2D eigenvalue weighted by molar-refractivity contribution is 0.0107. The van der Waals surface area contributed by atoms with E-state index in [9.17, 15) is 9.59 Å². The normalized spacial score (nSPS) is 15.8. The Morgan fingerprint density at radius 1 is 1.08 bits per heavy atom. The molecule has 10 heteroatoms. The van der Waals surface area contributed by atoms with Crippen LogP contribution in [0.25, 0.3) is 0 Å². The van der Waals surface area contributed by atoms with E-state index in [1.807, 2.05) is 0 Å². The van der Waals surface area contributed by atoms with E-state index in [1.165, 1.54) is 21.3 Å². The van der Waals surface area contributed by atoms with Crippen molar-refractivity contribution in [3.05, 3.63) is 39.9 Å². The van der Waals surface area contributed by atoms with E-state index in [0.29, 0.717) is 64.3 Å². The number of carbonyl (C=O) groups is 2. The zero-order valence-electron chi connectivity index (χ0n) is 22.1. The maximum absolute atomic E-state index is 13.0. The number of benzene rings is 2. The summed E-state index contributed by atoms with van der Waals surface area (Å²) in [6.45, 7) is 2.89. The zero-order valence-corrected chi connectivity index (χ0v) is 22.9. The molecule has 1 saturated heterocycles. The quantitative estimate of drug-likeness (QED) is 0.260. The number of halogens is 1. The summed E-state index contributed by atoms with van der Waals surface area (Å²) in [5, 5.41) is 0.345. The molecule has 0 spiro atoms. The van der Waals surface area contributed by atoms with Crippen LogP contribution in [-0.2, 0) is 11.2 Å². The number of nitrogens with zero attached hydrogens (tertiary/aromatic N) is 1. The Morgan fingerprint density at radius 3 is 2.39 bits per heavy atom. The molecule has 9 nitrogen and oxygen atoms in total. The van der Waals surface area contributed by atoms with Gasteiger partial charge in [-0.15, -0.1) is 0 Å². The Kier molecular flexibility index (Phi) is 9.22. The minimum Gasteiger partial charge on any atom is -0.493 e. The number of carbonyl (C=O) groups excluding carboxylic acids is 2. The summed E-state index contributed by atoms with van der Waals surface area (Å²) in [6.07, 6.45) is 3.93. The minimum atomic E-state index is -0.431. The van der Waals surface area contributed by atoms with E-state index >= 15 is 0 Å². The molecule has 2 aromatic rings. The van der Waals surface area contributed by atoms with Gasteiger partial charge in [0.25, 0.3) is 0 Å². The van der Waals surface area contributed by atoms with Crippen LogP contribution in [0, 0.1) is 0 Å². The highest BCUT2D eigenvalue weighted by Crippen LogP contribution is 2.40. The van der Waals surface area contributed by atoms with Gasteiger partial charge in [-0.2, -0.15) is 0 Å². The number of hydrogen-bond donors (Lipinski definition) is 1. The van der Waals surface area contributed by atoms with Gasteiger partial charge in [0, 0.05) is 30.6 Å². The van der Waals surface area contributed by atoms with Crippen molar-refractivity contribution in [2.45, 2.75) is 44.6 Å². The summed E-state index contributed by atoms with van der Waals surface area (Å²) in [5.41, 5.74) is 8.21. The molecule has 1 fully saturated rings. The highest BCUT2D eigenvalue weighted by molar-refractivity contribution is 6.33. The van der Waals surface area contributed by atoms with Crippen LogP contribution in [0.3, 0.4) is 0 Å². The minimum absolute atomic E-state index is 0.0146. The molecule has 0 atom stereocenters. The number of nitrogens with two attached hydrogens (primary N) is 1. The van der Waals surface area contributed by atoms with Crippen LogP contribution in [-0.4, -0.2) is 70.3 Å². The second kappa shape index (κ2) is 12.6. The second-order valence-corrected chi connectivity index (χ2v) is 9.87. The van der Waals surface area contributed by atoms with Crippen molar-refractivity contribution in [1.29, 1.82) is 0 Å². The summed E-state index contributed by atoms with van der Waals surface area (Å²) < 4.78 is 27.6. The molecule has 2 aromatic carbocycles. The molecule has 2 aliphatic rings. The highest BCUT2D eigenvalue weighted by atomic mass is 35.5. The average Bonchev–Trinajstić information content (AvgIpc) is 2.94. The fourth-order valence-corrected chi connectivity index (χ4v) is 5.23. The molecule has 0 bridgehead atoms. The van der Waals surface area contributed by atoms with Gasteiger partial charge in [0.2, 0.25) is 5.75 Å². The van der Waals surface area contributed by atoms with Crippen molar-refractivity contribution < 1.29 is 33.3 Å². The third-order valence-corrected chi connectivity index (χ3v) is 7.40. The van der Waals surface area contributed by atoms with Crippen molar-refractivity contribution in [3.63, 3.8) is 0 Å². The van der Waals surface area contributed by atoms with Gasteiger partial charge in [-0.05, 0) is 56.8 Å². The number of rotatable bonds is 10. The molecule has 2 aliphatic heterocycles. The maximum atomic E-state index is 13.0. The van der Waals surface area contributed by atoms with E-state index in [2.05, 4.69) is 4.90 Å². The van der Waals surface area contributed by atoms with Gasteiger partial charge >= 0.3 is 5.97 Å². The van der Waals surface area contributed by atoms with Gasteiger partial charge in [-0.25, -0.2) is 4.79 Å². The predicted molar refractivity (Wildman–Crippen MR) is 144 cm³/mol. The van der Waals surface area contributed by atoms with Crippen molar-refractivity contribution in [2.24, 2.45) is 0 Å². The van der Waals surface area contributed by atoms with Gasteiger partial charge in [0.1, 0.15) is 17.4 Å². The first-order chi connectivity index (χ1) is 18.4. The lowest BCUT2D eigenvalue weighted by Crippen LogP contribution is -2.38. The molecule has 206 valence electrons. The van der Waals surface area contributed by atoms with Crippen molar-refractivity contribution >= 4 is 29.0 Å². The summed E-state index contributed by atoms with van der Waals surface area (Å²) in [6, 6.07) is 4.91. The highest BCUT2D eigenvalue weighted by Gasteiger charge is 2.28. The van der Waals surface area contributed by atoms with Crippen LogP contribution in [0.4, 0.5) is 5.69 Å².